The number of halogens is 1. The van der Waals surface area contributed by atoms with Crippen molar-refractivity contribution >= 4 is 24.2 Å². The zero-order chi connectivity index (χ0) is 9.56. The number of nitrogens with zero attached hydrogens (tertiary/aromatic N) is 3. The van der Waals surface area contributed by atoms with Crippen molar-refractivity contribution in [2.45, 2.75) is 0 Å². The van der Waals surface area contributed by atoms with Gasteiger partial charge in [0, 0.05) is 14.1 Å². The monoisotopic (exact) mass is 185 g/mol. The molecule has 0 aromatic heterocycles. The molecule has 0 radical (unpaired) electrons. The van der Waals surface area contributed by atoms with Gasteiger partial charge in [-0.1, -0.05) is 11.6 Å². The SMILES string of the molecule is CN(C)C=NC(Cl)=C(C#N)C=O. The first-order chi connectivity index (χ1) is 5.61. The maximum atomic E-state index is 10.2. The van der Waals surface area contributed by atoms with E-state index in [0.29, 0.717) is 6.29 Å². The molecule has 0 aliphatic rings. The Hall–Kier alpha value is -1.34. The molecule has 0 saturated heterocycles. The molecule has 0 aliphatic carbocycles. The first-order valence-corrected chi connectivity index (χ1v) is 3.45. The van der Waals surface area contributed by atoms with E-state index in [2.05, 4.69) is 4.99 Å². The summed E-state index contributed by atoms with van der Waals surface area (Å²) in [5.41, 5.74) is -0.172. The minimum Gasteiger partial charge on any atom is -0.369 e. The van der Waals surface area contributed by atoms with Crippen molar-refractivity contribution in [3.8, 4) is 6.07 Å². The van der Waals surface area contributed by atoms with Crippen LogP contribution in [0, 0.1) is 11.3 Å². The maximum Gasteiger partial charge on any atom is 0.163 e. The highest BCUT2D eigenvalue weighted by atomic mass is 35.5. The van der Waals surface area contributed by atoms with Crippen LogP contribution in [0.2, 0.25) is 0 Å². The molecular weight excluding hydrogens is 178 g/mol. The van der Waals surface area contributed by atoms with Gasteiger partial charge in [-0.3, -0.25) is 4.79 Å². The fourth-order valence-electron chi connectivity index (χ4n) is 0.357. The topological polar surface area (TPSA) is 56.5 Å². The Morgan fingerprint density at radius 2 is 2.25 bits per heavy atom. The number of rotatable bonds is 3. The molecule has 0 saturated carbocycles. The van der Waals surface area contributed by atoms with E-state index in [0.717, 1.165) is 0 Å². The van der Waals surface area contributed by atoms with Crippen molar-refractivity contribution in [2.75, 3.05) is 14.1 Å². The van der Waals surface area contributed by atoms with Crippen LogP contribution in [-0.2, 0) is 4.79 Å². The summed E-state index contributed by atoms with van der Waals surface area (Å²) < 4.78 is 0. The van der Waals surface area contributed by atoms with Gasteiger partial charge in [-0.15, -0.1) is 0 Å². The van der Waals surface area contributed by atoms with E-state index < -0.39 is 0 Å². The smallest absolute Gasteiger partial charge is 0.163 e. The lowest BCUT2D eigenvalue weighted by Gasteiger charge is -2.00. The third kappa shape index (κ3) is 3.74. The van der Waals surface area contributed by atoms with Crippen molar-refractivity contribution in [3.05, 3.63) is 10.7 Å². The van der Waals surface area contributed by atoms with E-state index in [9.17, 15) is 4.79 Å². The molecular formula is C7H8ClN3O. The molecule has 5 heteroatoms. The number of aldehydes is 1. The highest BCUT2D eigenvalue weighted by Gasteiger charge is 1.99. The first kappa shape index (κ1) is 10.7. The van der Waals surface area contributed by atoms with Gasteiger partial charge in [0.1, 0.15) is 11.6 Å². The fraction of sp³-hybridized carbons (Fsp3) is 0.286. The quantitative estimate of drug-likeness (QED) is 0.163. The van der Waals surface area contributed by atoms with Crippen LogP contribution in [0.15, 0.2) is 15.7 Å². The molecule has 0 N–H and O–H groups in total. The van der Waals surface area contributed by atoms with Crippen LogP contribution in [0.5, 0.6) is 0 Å². The maximum absolute atomic E-state index is 10.2. The van der Waals surface area contributed by atoms with Gasteiger partial charge in [-0.25, -0.2) is 4.99 Å². The van der Waals surface area contributed by atoms with E-state index in [1.807, 2.05) is 0 Å². The van der Waals surface area contributed by atoms with Crippen LogP contribution in [0.1, 0.15) is 0 Å². The molecule has 0 aromatic rings. The summed E-state index contributed by atoms with van der Waals surface area (Å²) in [5, 5.41) is 8.25. The molecule has 0 aliphatic heterocycles. The van der Waals surface area contributed by atoms with Crippen molar-refractivity contribution in [1.29, 1.82) is 5.26 Å². The third-order valence-electron chi connectivity index (χ3n) is 0.863. The van der Waals surface area contributed by atoms with Crippen LogP contribution < -0.4 is 0 Å². The minimum atomic E-state index is -0.172. The number of hydrogen-bond donors (Lipinski definition) is 0. The van der Waals surface area contributed by atoms with Gasteiger partial charge < -0.3 is 4.90 Å². The number of carbonyl (C=O) groups is 1. The van der Waals surface area contributed by atoms with Gasteiger partial charge in [0.15, 0.2) is 11.4 Å². The van der Waals surface area contributed by atoms with Gasteiger partial charge in [-0.2, -0.15) is 5.26 Å². The molecule has 64 valence electrons. The van der Waals surface area contributed by atoms with Crippen LogP contribution in [-0.4, -0.2) is 31.6 Å². The standard InChI is InChI=1S/C7H8ClN3O/c1-11(2)5-10-7(8)6(3-9)4-12/h4-5H,1-2H3. The molecule has 0 rings (SSSR count). The lowest BCUT2D eigenvalue weighted by atomic mass is 10.4. The van der Waals surface area contributed by atoms with E-state index in [1.165, 1.54) is 6.34 Å². The molecule has 0 fully saturated rings. The van der Waals surface area contributed by atoms with Gasteiger partial charge in [0.2, 0.25) is 0 Å². The number of hydrogen-bond acceptors (Lipinski definition) is 3. The Morgan fingerprint density at radius 3 is 2.58 bits per heavy atom. The highest BCUT2D eigenvalue weighted by molar-refractivity contribution is 6.31. The average Bonchev–Trinajstić information content (AvgIpc) is 2.03. The van der Waals surface area contributed by atoms with Crippen LogP contribution >= 0.6 is 11.6 Å². The van der Waals surface area contributed by atoms with E-state index in [1.54, 1.807) is 25.1 Å². The summed E-state index contributed by atoms with van der Waals surface area (Å²) in [6, 6.07) is 1.62. The Labute approximate surface area is 75.8 Å². The van der Waals surface area contributed by atoms with Gasteiger partial charge in [0.25, 0.3) is 0 Å². The summed E-state index contributed by atoms with van der Waals surface area (Å²) in [6.45, 7) is 0. The largest absolute Gasteiger partial charge is 0.369 e. The number of nitriles is 1. The Kier molecular flexibility index (Phi) is 4.73. The molecule has 12 heavy (non-hydrogen) atoms. The normalized spacial score (nSPS) is 12.2. The lowest BCUT2D eigenvalue weighted by Crippen LogP contribution is -2.07. The summed E-state index contributed by atoms with van der Waals surface area (Å²) >= 11 is 5.49. The van der Waals surface area contributed by atoms with Crippen molar-refractivity contribution in [3.63, 3.8) is 0 Å². The van der Waals surface area contributed by atoms with E-state index in [4.69, 9.17) is 16.9 Å². The second-order valence-electron chi connectivity index (χ2n) is 2.14. The predicted molar refractivity (Wildman–Crippen MR) is 46.7 cm³/mol. The summed E-state index contributed by atoms with van der Waals surface area (Å²) in [7, 11) is 3.50. The molecule has 4 nitrogen and oxygen atoms in total. The van der Waals surface area contributed by atoms with Crippen LogP contribution in [0.3, 0.4) is 0 Å². The first-order valence-electron chi connectivity index (χ1n) is 3.07. The number of aliphatic imine (C=N–C) groups is 1. The molecule has 0 unspecified atom stereocenters. The van der Waals surface area contributed by atoms with Crippen LogP contribution in [0.25, 0.3) is 0 Å². The van der Waals surface area contributed by atoms with E-state index >= 15 is 0 Å². The lowest BCUT2D eigenvalue weighted by molar-refractivity contribution is -0.104. The number of allylic oxidation sites excluding steroid dienone is 1. The van der Waals surface area contributed by atoms with Crippen molar-refractivity contribution < 1.29 is 4.79 Å². The van der Waals surface area contributed by atoms with E-state index in [-0.39, 0.29) is 10.7 Å². The van der Waals surface area contributed by atoms with Gasteiger partial charge in [0.05, 0.1) is 6.34 Å². The molecule has 0 spiro atoms. The Morgan fingerprint density at radius 1 is 1.67 bits per heavy atom. The minimum absolute atomic E-state index is 0.0961. The van der Waals surface area contributed by atoms with Crippen molar-refractivity contribution in [1.82, 2.24) is 4.90 Å². The Bertz CT molecular complexity index is 262. The molecule has 0 heterocycles. The third-order valence-corrected chi connectivity index (χ3v) is 1.16. The molecule has 0 bridgehead atoms. The summed E-state index contributed by atoms with van der Waals surface area (Å²) in [5.74, 6) is 0. The van der Waals surface area contributed by atoms with Gasteiger partial charge >= 0.3 is 0 Å². The zero-order valence-electron chi connectivity index (χ0n) is 6.78. The van der Waals surface area contributed by atoms with Gasteiger partial charge in [-0.05, 0) is 0 Å². The summed E-state index contributed by atoms with van der Waals surface area (Å²) in [6.07, 6.45) is 1.78. The molecule has 0 aromatic carbocycles. The van der Waals surface area contributed by atoms with Crippen molar-refractivity contribution in [2.24, 2.45) is 4.99 Å². The second-order valence-corrected chi connectivity index (χ2v) is 2.50. The van der Waals surface area contributed by atoms with Crippen LogP contribution in [0.4, 0.5) is 0 Å². The average molecular weight is 186 g/mol. The second kappa shape index (κ2) is 5.33. The fourth-order valence-corrected chi connectivity index (χ4v) is 0.487. The molecule has 0 atom stereocenters. The predicted octanol–water partition coefficient (Wildman–Crippen LogP) is 0.749. The number of carbonyl (C=O) groups excluding carboxylic acids is 1. The Balaban J connectivity index is 4.57. The summed E-state index contributed by atoms with van der Waals surface area (Å²) in [4.78, 5) is 15.5. The molecule has 0 amide bonds. The highest BCUT2D eigenvalue weighted by Crippen LogP contribution is 2.07. The zero-order valence-corrected chi connectivity index (χ0v) is 7.54.